The van der Waals surface area contributed by atoms with E-state index in [9.17, 15) is 62.6 Å². The van der Waals surface area contributed by atoms with Crippen LogP contribution in [0.5, 0.6) is 0 Å². The molecule has 0 unspecified atom stereocenters. The van der Waals surface area contributed by atoms with Crippen LogP contribution in [0.4, 0.5) is 0 Å². The SMILES string of the molecule is CC[C@@H](C)[C@@H](NC(=O)[C@@H](CCC(N)=O)NC(=O)[C@H](C)NC(=O)[C@@H](NC(=O)[C@@H](Cc1ccccc1)NC)[C@@H](C)CC)C(=O)N[C@H](C(=O)N[C@@H](CO)C(=O)N[C@H]1C(=O)N[C@@H](C)C(=O)N[C@@H](CCCN)C(=O)N[C@@H]([C@@H](C)CC)C(=O)O[C@H]1C)[C@@H](C)CC. The molecule has 0 saturated carbocycles. The standard InChI is InChI=1S/C57H95N13O14/c1-13-29(5)42(67-51(77)39(60-12)27-36-21-18-17-19-22-36)53(79)61-33(9)48(74)64-38(24-25-41(59)72)50(76)66-44(31(7)15-3)55(81)68-43(30(6)14-2)54(80)65-40(28-71)52(78)70-46-35(11)84-57(83)45(32(8)16-4)69-49(75)37(23-20-26-58)63-47(73)34(10)62-56(46)82/h17-19,21-22,29-35,37-40,42-46,60,71H,13-16,20,23-28,58H2,1-12H3,(H2,59,72)(H,61,79)(H,62,82)(H,63,73)(H,64,74)(H,65,80)(H,66,76)(H,67,77)(H,68,81)(H,69,75)(H,70,78)/t29-,30-,31+,32-,33-,34-,35-,37-,38+,39+,40-,42-,43-,44+,45-,46+/m0/s1. The molecule has 0 aliphatic carbocycles. The number of ether oxygens (including phenoxy) is 1. The largest absolute Gasteiger partial charge is 0.458 e. The number of amides is 11. The quantitative estimate of drug-likeness (QED) is 0.0342. The monoisotopic (exact) mass is 1190 g/mol. The van der Waals surface area contributed by atoms with Gasteiger partial charge >= 0.3 is 5.97 Å². The number of hydrogen-bond donors (Lipinski definition) is 14. The van der Waals surface area contributed by atoms with E-state index in [-0.39, 0.29) is 38.1 Å². The van der Waals surface area contributed by atoms with Crippen molar-refractivity contribution in [1.82, 2.24) is 58.5 Å². The molecule has 11 amide bonds. The number of primary amides is 1. The smallest absolute Gasteiger partial charge is 0.329 e. The Morgan fingerprint density at radius 3 is 1.63 bits per heavy atom. The van der Waals surface area contributed by atoms with Gasteiger partial charge in [-0.25, -0.2) is 4.79 Å². The van der Waals surface area contributed by atoms with E-state index in [4.69, 9.17) is 16.2 Å². The first-order chi connectivity index (χ1) is 39.6. The number of hydrogen-bond acceptors (Lipinski definition) is 16. The van der Waals surface area contributed by atoms with Crippen LogP contribution in [0.25, 0.3) is 0 Å². The van der Waals surface area contributed by atoms with E-state index in [0.29, 0.717) is 32.1 Å². The summed E-state index contributed by atoms with van der Waals surface area (Å²) in [6.45, 7) is 16.9. The van der Waals surface area contributed by atoms with Gasteiger partial charge in [-0.05, 0) is 89.3 Å². The normalized spacial score (nSPS) is 21.6. The molecule has 1 aliphatic heterocycles. The van der Waals surface area contributed by atoms with Gasteiger partial charge in [0.15, 0.2) is 0 Å². The van der Waals surface area contributed by atoms with Gasteiger partial charge in [-0.1, -0.05) is 111 Å². The summed E-state index contributed by atoms with van der Waals surface area (Å²) in [5.74, 6) is -12.2. The summed E-state index contributed by atoms with van der Waals surface area (Å²) in [6.07, 6.45) is 0.0795. The number of aliphatic hydroxyl groups is 1. The molecule has 27 nitrogen and oxygen atoms in total. The maximum atomic E-state index is 14.4. The Bertz CT molecular complexity index is 2400. The van der Waals surface area contributed by atoms with Crippen molar-refractivity contribution in [3.63, 3.8) is 0 Å². The fourth-order valence-corrected chi connectivity index (χ4v) is 8.86. The van der Waals surface area contributed by atoms with Gasteiger partial charge in [0.25, 0.3) is 0 Å². The van der Waals surface area contributed by atoms with E-state index >= 15 is 0 Å². The van der Waals surface area contributed by atoms with Crippen LogP contribution in [0, 0.1) is 23.7 Å². The highest BCUT2D eigenvalue weighted by Gasteiger charge is 2.41. The molecule has 1 aliphatic rings. The molecule has 16 N–H and O–H groups in total. The van der Waals surface area contributed by atoms with Gasteiger partial charge in [0.1, 0.15) is 66.5 Å². The molecule has 472 valence electrons. The summed E-state index contributed by atoms with van der Waals surface area (Å²) in [5, 5.41) is 39.3. The highest BCUT2D eigenvalue weighted by atomic mass is 16.5. The molecule has 0 spiro atoms. The van der Waals surface area contributed by atoms with E-state index in [1.807, 2.05) is 37.3 Å². The number of esters is 1. The van der Waals surface area contributed by atoms with Crippen LogP contribution in [0.1, 0.15) is 133 Å². The van der Waals surface area contributed by atoms with Crippen LogP contribution in [-0.2, 0) is 68.7 Å². The van der Waals surface area contributed by atoms with E-state index in [1.165, 1.54) is 20.8 Å². The van der Waals surface area contributed by atoms with Crippen LogP contribution >= 0.6 is 0 Å². The number of nitrogens with two attached hydrogens (primary N) is 2. The van der Waals surface area contributed by atoms with Crippen LogP contribution < -0.4 is 70.0 Å². The fraction of sp³-hybridized carbons (Fsp3) is 0.684. The maximum Gasteiger partial charge on any atom is 0.329 e. The van der Waals surface area contributed by atoms with Crippen molar-refractivity contribution < 1.29 is 67.4 Å². The van der Waals surface area contributed by atoms with Crippen molar-refractivity contribution in [2.45, 2.75) is 207 Å². The number of carbonyl (C=O) groups is 12. The third-order valence-corrected chi connectivity index (χ3v) is 15.4. The molecule has 1 fully saturated rings. The average Bonchev–Trinajstić information content (AvgIpc) is 3.67. The lowest BCUT2D eigenvalue weighted by Gasteiger charge is -2.31. The number of nitrogens with one attached hydrogen (secondary N) is 11. The molecule has 84 heavy (non-hydrogen) atoms. The predicted molar refractivity (Wildman–Crippen MR) is 311 cm³/mol. The zero-order chi connectivity index (χ0) is 63.5. The van der Waals surface area contributed by atoms with Crippen molar-refractivity contribution in [3.05, 3.63) is 35.9 Å². The summed E-state index contributed by atoms with van der Waals surface area (Å²) >= 11 is 0. The van der Waals surface area contributed by atoms with Crippen molar-refractivity contribution >= 4 is 70.9 Å². The first-order valence-electron chi connectivity index (χ1n) is 29.2. The average molecular weight is 1190 g/mol. The Hall–Kier alpha value is -7.26. The molecular formula is C57H95N13O14. The van der Waals surface area contributed by atoms with Gasteiger partial charge in [-0.15, -0.1) is 0 Å². The lowest BCUT2D eigenvalue weighted by atomic mass is 9.94. The van der Waals surface area contributed by atoms with Crippen molar-refractivity contribution in [3.8, 4) is 0 Å². The topological polar surface area (TPSA) is 419 Å². The molecular weight excluding hydrogens is 1090 g/mol. The van der Waals surface area contributed by atoms with Crippen LogP contribution in [-0.4, -0.2) is 169 Å². The number of benzene rings is 1. The van der Waals surface area contributed by atoms with E-state index < -0.39 is 168 Å². The zero-order valence-corrected chi connectivity index (χ0v) is 50.8. The van der Waals surface area contributed by atoms with Crippen molar-refractivity contribution in [2.75, 3.05) is 20.2 Å². The molecule has 27 heteroatoms. The highest BCUT2D eigenvalue weighted by Crippen LogP contribution is 2.17. The van der Waals surface area contributed by atoms with Crippen LogP contribution in [0.3, 0.4) is 0 Å². The second kappa shape index (κ2) is 36.4. The lowest BCUT2D eigenvalue weighted by molar-refractivity contribution is -0.157. The van der Waals surface area contributed by atoms with E-state index in [1.54, 1.807) is 55.5 Å². The summed E-state index contributed by atoms with van der Waals surface area (Å²) in [7, 11) is 1.63. The third-order valence-electron chi connectivity index (χ3n) is 15.4. The Balaban J connectivity index is 2.37. The summed E-state index contributed by atoms with van der Waals surface area (Å²) in [6, 6.07) is -5.23. The number of likely N-dealkylation sites (N-methyl/N-ethyl adjacent to an activating group) is 1. The second-order valence-corrected chi connectivity index (χ2v) is 21.9. The Morgan fingerprint density at radius 1 is 0.619 bits per heavy atom. The first kappa shape index (κ1) is 72.8. The Labute approximate surface area is 493 Å². The molecule has 2 rings (SSSR count). The zero-order valence-electron chi connectivity index (χ0n) is 50.8. The molecule has 0 bridgehead atoms. The molecule has 0 radical (unpaired) electrons. The minimum absolute atomic E-state index is 0.113. The number of rotatable bonds is 32. The Kier molecular flexibility index (Phi) is 31.6. The summed E-state index contributed by atoms with van der Waals surface area (Å²) in [5.41, 5.74) is 12.0. The summed E-state index contributed by atoms with van der Waals surface area (Å²) < 4.78 is 5.69. The predicted octanol–water partition coefficient (Wildman–Crippen LogP) is -2.17. The van der Waals surface area contributed by atoms with Gasteiger partial charge < -0.3 is 79.8 Å². The minimum atomic E-state index is -1.79. The van der Waals surface area contributed by atoms with Crippen molar-refractivity contribution in [2.24, 2.45) is 35.1 Å². The van der Waals surface area contributed by atoms with Crippen LogP contribution in [0.15, 0.2) is 30.3 Å². The minimum Gasteiger partial charge on any atom is -0.458 e. The molecule has 16 atom stereocenters. The van der Waals surface area contributed by atoms with Crippen molar-refractivity contribution in [1.29, 1.82) is 0 Å². The maximum absolute atomic E-state index is 14.4. The summed E-state index contributed by atoms with van der Waals surface area (Å²) in [4.78, 5) is 164. The van der Waals surface area contributed by atoms with Gasteiger partial charge in [-0.3, -0.25) is 52.7 Å². The Morgan fingerprint density at radius 2 is 1.13 bits per heavy atom. The van der Waals surface area contributed by atoms with Gasteiger partial charge in [-0.2, -0.15) is 0 Å². The molecule has 1 aromatic rings. The number of carbonyl (C=O) groups excluding carboxylic acids is 12. The fourth-order valence-electron chi connectivity index (χ4n) is 8.86. The van der Waals surface area contributed by atoms with Gasteiger partial charge in [0.05, 0.1) is 12.6 Å². The van der Waals surface area contributed by atoms with E-state index in [2.05, 4.69) is 58.5 Å². The molecule has 1 aromatic carbocycles. The molecule has 0 aromatic heterocycles. The number of aliphatic hydroxyl groups excluding tert-OH is 1. The lowest BCUT2D eigenvalue weighted by Crippen LogP contribution is -2.63. The first-order valence-corrected chi connectivity index (χ1v) is 29.2. The van der Waals surface area contributed by atoms with Gasteiger partial charge in [0, 0.05) is 6.42 Å². The second-order valence-electron chi connectivity index (χ2n) is 21.9. The third kappa shape index (κ3) is 22.7. The molecule has 1 heterocycles. The van der Waals surface area contributed by atoms with Gasteiger partial charge in [0.2, 0.25) is 65.0 Å². The number of cyclic esters (lactones) is 1. The highest BCUT2D eigenvalue weighted by molar-refractivity contribution is 5.99. The molecule has 1 saturated heterocycles. The van der Waals surface area contributed by atoms with Crippen LogP contribution in [0.2, 0.25) is 0 Å². The van der Waals surface area contributed by atoms with E-state index in [0.717, 1.165) is 5.56 Å².